The molecule has 0 heterocycles. The van der Waals surface area contributed by atoms with Crippen molar-refractivity contribution in [3.63, 3.8) is 0 Å². The number of rotatable bonds is 5. The molecule has 0 saturated carbocycles. The summed E-state index contributed by atoms with van der Waals surface area (Å²) >= 11 is 0. The van der Waals surface area contributed by atoms with Gasteiger partial charge in [-0.2, -0.15) is 13.2 Å². The first-order valence-electron chi connectivity index (χ1n) is 5.41. The lowest BCUT2D eigenvalue weighted by atomic mass is 10.1. The number of alkyl halides is 3. The van der Waals surface area contributed by atoms with Crippen LogP contribution in [-0.4, -0.2) is 12.7 Å². The standard InChI is InChI=1S/C12H16F3N/c1-2-3-4-10-5-7-11(8-6-10)16-9-12(13,14)15/h5-8,16H,2-4,9H2,1H3. The van der Waals surface area contributed by atoms with Gasteiger partial charge in [0, 0.05) is 5.69 Å². The Morgan fingerprint density at radius 3 is 2.25 bits per heavy atom. The summed E-state index contributed by atoms with van der Waals surface area (Å²) in [5.41, 5.74) is 1.68. The summed E-state index contributed by atoms with van der Waals surface area (Å²) in [5, 5.41) is 2.34. The molecule has 0 aliphatic carbocycles. The van der Waals surface area contributed by atoms with E-state index >= 15 is 0 Å². The van der Waals surface area contributed by atoms with Crippen LogP contribution in [0.5, 0.6) is 0 Å². The van der Waals surface area contributed by atoms with Crippen molar-refractivity contribution >= 4 is 5.69 Å². The van der Waals surface area contributed by atoms with Gasteiger partial charge in [-0.05, 0) is 30.5 Å². The highest BCUT2D eigenvalue weighted by molar-refractivity contribution is 5.44. The second kappa shape index (κ2) is 5.77. The molecule has 0 radical (unpaired) electrons. The second-order valence-electron chi connectivity index (χ2n) is 3.77. The molecule has 1 N–H and O–H groups in total. The zero-order valence-electron chi connectivity index (χ0n) is 9.27. The van der Waals surface area contributed by atoms with Gasteiger partial charge in [-0.25, -0.2) is 0 Å². The maximum Gasteiger partial charge on any atom is 0.405 e. The first-order valence-corrected chi connectivity index (χ1v) is 5.41. The van der Waals surface area contributed by atoms with Gasteiger partial charge in [-0.3, -0.25) is 0 Å². The van der Waals surface area contributed by atoms with Crippen molar-refractivity contribution in [1.82, 2.24) is 0 Å². The number of hydrogen-bond acceptors (Lipinski definition) is 1. The Morgan fingerprint density at radius 1 is 1.12 bits per heavy atom. The van der Waals surface area contributed by atoms with Gasteiger partial charge in [0.1, 0.15) is 6.54 Å². The Hall–Kier alpha value is -1.19. The van der Waals surface area contributed by atoms with Gasteiger partial charge < -0.3 is 5.32 Å². The molecule has 4 heteroatoms. The third-order valence-corrected chi connectivity index (χ3v) is 2.27. The topological polar surface area (TPSA) is 12.0 Å². The van der Waals surface area contributed by atoms with E-state index in [-0.39, 0.29) is 0 Å². The average molecular weight is 231 g/mol. The van der Waals surface area contributed by atoms with E-state index < -0.39 is 12.7 Å². The van der Waals surface area contributed by atoms with E-state index in [0.717, 1.165) is 19.3 Å². The van der Waals surface area contributed by atoms with Gasteiger partial charge in [-0.15, -0.1) is 0 Å². The van der Waals surface area contributed by atoms with E-state index in [1.165, 1.54) is 5.56 Å². The molecule has 0 spiro atoms. The molecule has 0 aromatic heterocycles. The maximum atomic E-state index is 11.9. The molecule has 0 atom stereocenters. The fourth-order valence-electron chi connectivity index (χ4n) is 1.37. The Bertz CT molecular complexity index is 303. The third-order valence-electron chi connectivity index (χ3n) is 2.27. The van der Waals surface area contributed by atoms with Crippen LogP contribution in [0.3, 0.4) is 0 Å². The van der Waals surface area contributed by atoms with Crippen molar-refractivity contribution in [1.29, 1.82) is 0 Å². The van der Waals surface area contributed by atoms with E-state index in [1.54, 1.807) is 12.1 Å². The van der Waals surface area contributed by atoms with Crippen LogP contribution in [-0.2, 0) is 6.42 Å². The fraction of sp³-hybridized carbons (Fsp3) is 0.500. The van der Waals surface area contributed by atoms with Crippen LogP contribution in [0.4, 0.5) is 18.9 Å². The largest absolute Gasteiger partial charge is 0.405 e. The van der Waals surface area contributed by atoms with Gasteiger partial charge in [0.2, 0.25) is 0 Å². The highest BCUT2D eigenvalue weighted by Crippen LogP contribution is 2.17. The molecule has 0 saturated heterocycles. The van der Waals surface area contributed by atoms with E-state index in [2.05, 4.69) is 12.2 Å². The number of anilines is 1. The lowest BCUT2D eigenvalue weighted by Gasteiger charge is -2.09. The van der Waals surface area contributed by atoms with Gasteiger partial charge >= 0.3 is 6.18 Å². The minimum absolute atomic E-state index is 0.512. The first kappa shape index (κ1) is 12.9. The Morgan fingerprint density at radius 2 is 1.75 bits per heavy atom. The highest BCUT2D eigenvalue weighted by atomic mass is 19.4. The number of aryl methyl sites for hydroxylation is 1. The molecule has 0 amide bonds. The van der Waals surface area contributed by atoms with E-state index in [0.29, 0.717) is 5.69 Å². The van der Waals surface area contributed by atoms with Crippen LogP contribution >= 0.6 is 0 Å². The summed E-state index contributed by atoms with van der Waals surface area (Å²) in [6.45, 7) is 1.13. The van der Waals surface area contributed by atoms with E-state index in [4.69, 9.17) is 0 Å². The Kier molecular flexibility index (Phi) is 4.65. The fourth-order valence-corrected chi connectivity index (χ4v) is 1.37. The van der Waals surface area contributed by atoms with Crippen molar-refractivity contribution in [2.45, 2.75) is 32.4 Å². The summed E-state index contributed by atoms with van der Waals surface area (Å²) in [6, 6.07) is 7.12. The van der Waals surface area contributed by atoms with Gasteiger partial charge in [0.05, 0.1) is 0 Å². The van der Waals surface area contributed by atoms with Crippen LogP contribution in [0.25, 0.3) is 0 Å². The predicted octanol–water partition coefficient (Wildman–Crippen LogP) is 4.00. The first-order chi connectivity index (χ1) is 7.51. The van der Waals surface area contributed by atoms with Crippen molar-refractivity contribution in [2.75, 3.05) is 11.9 Å². The van der Waals surface area contributed by atoms with Crippen molar-refractivity contribution in [3.05, 3.63) is 29.8 Å². The number of nitrogens with one attached hydrogen (secondary N) is 1. The molecule has 0 aliphatic heterocycles. The molecule has 0 unspecified atom stereocenters. The van der Waals surface area contributed by atoms with Gasteiger partial charge in [0.15, 0.2) is 0 Å². The molecular formula is C12H16F3N. The molecule has 1 aromatic rings. The summed E-state index contributed by atoms with van der Waals surface area (Å²) < 4.78 is 35.8. The third kappa shape index (κ3) is 5.05. The monoisotopic (exact) mass is 231 g/mol. The molecule has 16 heavy (non-hydrogen) atoms. The van der Waals surface area contributed by atoms with Crippen molar-refractivity contribution < 1.29 is 13.2 Å². The van der Waals surface area contributed by atoms with E-state index in [9.17, 15) is 13.2 Å². The summed E-state index contributed by atoms with van der Waals surface area (Å²) in [4.78, 5) is 0. The number of unbranched alkanes of at least 4 members (excludes halogenated alkanes) is 1. The van der Waals surface area contributed by atoms with Crippen LogP contribution < -0.4 is 5.32 Å². The van der Waals surface area contributed by atoms with Crippen molar-refractivity contribution in [2.24, 2.45) is 0 Å². The SMILES string of the molecule is CCCCc1ccc(NCC(F)(F)F)cc1. The smallest absolute Gasteiger partial charge is 0.376 e. The number of hydrogen-bond donors (Lipinski definition) is 1. The summed E-state index contributed by atoms with van der Waals surface area (Å²) in [7, 11) is 0. The molecule has 1 rings (SSSR count). The number of benzene rings is 1. The molecule has 1 aromatic carbocycles. The summed E-state index contributed by atoms with van der Waals surface area (Å²) in [5.74, 6) is 0. The molecule has 90 valence electrons. The lowest BCUT2D eigenvalue weighted by molar-refractivity contribution is -0.115. The van der Waals surface area contributed by atoms with Crippen LogP contribution in [0.1, 0.15) is 25.3 Å². The van der Waals surface area contributed by atoms with E-state index in [1.807, 2.05) is 12.1 Å². The normalized spacial score (nSPS) is 11.5. The molecular weight excluding hydrogens is 215 g/mol. The molecule has 1 nitrogen and oxygen atoms in total. The quantitative estimate of drug-likeness (QED) is 0.807. The molecule has 0 fully saturated rings. The summed E-state index contributed by atoms with van der Waals surface area (Å²) in [6.07, 6.45) is -0.958. The van der Waals surface area contributed by atoms with Gasteiger partial charge in [0.25, 0.3) is 0 Å². The number of halogens is 3. The highest BCUT2D eigenvalue weighted by Gasteiger charge is 2.26. The van der Waals surface area contributed by atoms with Crippen molar-refractivity contribution in [3.8, 4) is 0 Å². The van der Waals surface area contributed by atoms with Crippen LogP contribution in [0.2, 0.25) is 0 Å². The lowest BCUT2D eigenvalue weighted by Crippen LogP contribution is -2.21. The van der Waals surface area contributed by atoms with Gasteiger partial charge in [-0.1, -0.05) is 25.5 Å². The van der Waals surface area contributed by atoms with Crippen LogP contribution in [0, 0.1) is 0 Å². The minimum atomic E-state index is -4.17. The second-order valence-corrected chi connectivity index (χ2v) is 3.77. The zero-order chi connectivity index (χ0) is 12.0. The maximum absolute atomic E-state index is 11.9. The minimum Gasteiger partial charge on any atom is -0.376 e. The van der Waals surface area contributed by atoms with Crippen LogP contribution in [0.15, 0.2) is 24.3 Å². The molecule has 0 bridgehead atoms. The predicted molar refractivity (Wildman–Crippen MR) is 59.6 cm³/mol. The molecule has 0 aliphatic rings. The zero-order valence-corrected chi connectivity index (χ0v) is 9.27. The Balaban J connectivity index is 2.45. The Labute approximate surface area is 93.7 Å². The average Bonchev–Trinajstić information content (AvgIpc) is 2.24.